The zero-order chi connectivity index (χ0) is 12.3. The van der Waals surface area contributed by atoms with Crippen LogP contribution in [0.1, 0.15) is 6.42 Å². The molecule has 0 bridgehead atoms. The van der Waals surface area contributed by atoms with E-state index in [9.17, 15) is 22.4 Å². The number of primary amides is 1. The van der Waals surface area contributed by atoms with Crippen LogP contribution in [0.5, 0.6) is 0 Å². The molecule has 0 saturated heterocycles. The summed E-state index contributed by atoms with van der Waals surface area (Å²) in [7, 11) is 0. The summed E-state index contributed by atoms with van der Waals surface area (Å²) in [5, 5.41) is 2.02. The maximum atomic E-state index is 12.9. The van der Waals surface area contributed by atoms with E-state index in [1.54, 1.807) is 0 Å². The normalized spacial score (nSPS) is 10.2. The molecule has 1 aromatic rings. The van der Waals surface area contributed by atoms with Gasteiger partial charge in [0.15, 0.2) is 0 Å². The summed E-state index contributed by atoms with van der Waals surface area (Å²) >= 11 is 0. The highest BCUT2D eigenvalue weighted by atomic mass is 19.2. The number of nitrogens with two attached hydrogens (primary N) is 1. The second kappa shape index (κ2) is 4.77. The molecule has 0 unspecified atom stereocenters. The molecule has 0 saturated carbocycles. The second-order valence-electron chi connectivity index (χ2n) is 2.84. The predicted molar refractivity (Wildman–Crippen MR) is 46.4 cm³/mol. The van der Waals surface area contributed by atoms with Crippen LogP contribution in [-0.2, 0) is 4.79 Å². The fourth-order valence-corrected chi connectivity index (χ4v) is 0.953. The second-order valence-corrected chi connectivity index (χ2v) is 2.84. The number of amides is 1. The minimum Gasteiger partial charge on any atom is -0.379 e. The summed E-state index contributed by atoms with van der Waals surface area (Å²) < 4.78 is 51.1. The summed E-state index contributed by atoms with van der Waals surface area (Å²) in [5.74, 6) is -7.55. The third-order valence-electron chi connectivity index (χ3n) is 1.67. The molecule has 0 aliphatic rings. The first kappa shape index (κ1) is 12.2. The van der Waals surface area contributed by atoms with Gasteiger partial charge in [0.25, 0.3) is 11.9 Å². The average Bonchev–Trinajstić information content (AvgIpc) is 2.20. The largest absolute Gasteiger partial charge is 0.379 e. The molecule has 3 N–H and O–H groups in total. The van der Waals surface area contributed by atoms with E-state index in [0.29, 0.717) is 0 Å². The maximum absolute atomic E-state index is 12.9. The van der Waals surface area contributed by atoms with Gasteiger partial charge in [0, 0.05) is 13.0 Å². The summed E-state index contributed by atoms with van der Waals surface area (Å²) in [6.45, 7) is -0.244. The number of aromatic nitrogens is 1. The number of nitrogens with zero attached hydrogens (tertiary/aromatic N) is 1. The van der Waals surface area contributed by atoms with E-state index in [2.05, 4.69) is 4.98 Å². The lowest BCUT2D eigenvalue weighted by molar-refractivity contribution is -0.117. The van der Waals surface area contributed by atoms with Crippen LogP contribution in [0.25, 0.3) is 0 Å². The number of pyridine rings is 1. The Balaban J connectivity index is 2.90. The lowest BCUT2D eigenvalue weighted by Gasteiger charge is -2.07. The van der Waals surface area contributed by atoms with Crippen molar-refractivity contribution in [3.63, 3.8) is 0 Å². The highest BCUT2D eigenvalue weighted by molar-refractivity contribution is 5.74. The standard InChI is InChI=1S/C8H7F4N3O/c9-4-6(14-2-1-3(13)16)5(10)8(12)15-7(4)11/h1-2H2,(H2,13,16)(H,14,15). The van der Waals surface area contributed by atoms with Crippen molar-refractivity contribution in [2.24, 2.45) is 5.73 Å². The van der Waals surface area contributed by atoms with Crippen LogP contribution in [-0.4, -0.2) is 17.4 Å². The van der Waals surface area contributed by atoms with Crippen molar-refractivity contribution in [1.82, 2.24) is 4.98 Å². The van der Waals surface area contributed by atoms with E-state index in [-0.39, 0.29) is 13.0 Å². The fraction of sp³-hybridized carbons (Fsp3) is 0.250. The minimum atomic E-state index is -1.76. The van der Waals surface area contributed by atoms with Gasteiger partial charge in [-0.2, -0.15) is 22.5 Å². The number of carbonyl (C=O) groups is 1. The van der Waals surface area contributed by atoms with Crippen LogP contribution < -0.4 is 11.1 Å². The van der Waals surface area contributed by atoms with Crippen molar-refractivity contribution in [1.29, 1.82) is 0 Å². The molecule has 88 valence electrons. The van der Waals surface area contributed by atoms with Gasteiger partial charge in [-0.05, 0) is 0 Å². The van der Waals surface area contributed by atoms with E-state index in [0.717, 1.165) is 0 Å². The summed E-state index contributed by atoms with van der Waals surface area (Å²) in [6, 6.07) is 0. The smallest absolute Gasteiger partial charge is 0.253 e. The van der Waals surface area contributed by atoms with E-state index in [4.69, 9.17) is 5.73 Å². The quantitative estimate of drug-likeness (QED) is 0.604. The van der Waals surface area contributed by atoms with Crippen LogP contribution in [0.3, 0.4) is 0 Å². The van der Waals surface area contributed by atoms with Crippen molar-refractivity contribution < 1.29 is 22.4 Å². The average molecular weight is 237 g/mol. The number of anilines is 1. The Kier molecular flexibility index (Phi) is 3.64. The van der Waals surface area contributed by atoms with Gasteiger partial charge in [0.1, 0.15) is 5.69 Å². The van der Waals surface area contributed by atoms with Gasteiger partial charge >= 0.3 is 0 Å². The first-order valence-electron chi connectivity index (χ1n) is 4.15. The van der Waals surface area contributed by atoms with Gasteiger partial charge in [0.05, 0.1) is 0 Å². The molecule has 0 aliphatic heterocycles. The van der Waals surface area contributed by atoms with E-state index in [1.165, 1.54) is 0 Å². The number of hydrogen-bond acceptors (Lipinski definition) is 3. The van der Waals surface area contributed by atoms with Crippen LogP contribution in [0.2, 0.25) is 0 Å². The van der Waals surface area contributed by atoms with Crippen molar-refractivity contribution in [2.75, 3.05) is 11.9 Å². The van der Waals surface area contributed by atoms with E-state index in [1.807, 2.05) is 5.32 Å². The molecular weight excluding hydrogens is 230 g/mol. The molecule has 1 amide bonds. The third-order valence-corrected chi connectivity index (χ3v) is 1.67. The monoisotopic (exact) mass is 237 g/mol. The number of hydrogen-bond donors (Lipinski definition) is 2. The minimum absolute atomic E-state index is 0.232. The van der Waals surface area contributed by atoms with E-state index < -0.39 is 35.1 Å². The Morgan fingerprint density at radius 3 is 2.12 bits per heavy atom. The first-order valence-corrected chi connectivity index (χ1v) is 4.15. The molecule has 16 heavy (non-hydrogen) atoms. The zero-order valence-electron chi connectivity index (χ0n) is 7.86. The molecule has 1 aromatic heterocycles. The fourth-order valence-electron chi connectivity index (χ4n) is 0.953. The highest BCUT2D eigenvalue weighted by Gasteiger charge is 2.20. The number of halogens is 4. The Labute approximate surface area is 87.5 Å². The number of nitrogens with one attached hydrogen (secondary N) is 1. The molecule has 0 atom stereocenters. The Hall–Kier alpha value is -1.86. The molecule has 0 radical (unpaired) electrons. The van der Waals surface area contributed by atoms with Gasteiger partial charge in [-0.1, -0.05) is 0 Å². The van der Waals surface area contributed by atoms with Gasteiger partial charge < -0.3 is 11.1 Å². The molecule has 0 aromatic carbocycles. The summed E-state index contributed by atoms with van der Waals surface area (Å²) in [6.07, 6.45) is -0.232. The maximum Gasteiger partial charge on any atom is 0.253 e. The lowest BCUT2D eigenvalue weighted by atomic mass is 10.3. The Morgan fingerprint density at radius 2 is 1.69 bits per heavy atom. The number of rotatable bonds is 4. The van der Waals surface area contributed by atoms with Crippen LogP contribution in [0.4, 0.5) is 23.2 Å². The van der Waals surface area contributed by atoms with Gasteiger partial charge in [-0.15, -0.1) is 0 Å². The van der Waals surface area contributed by atoms with Crippen molar-refractivity contribution in [3.05, 3.63) is 23.5 Å². The molecule has 1 heterocycles. The third kappa shape index (κ3) is 2.59. The van der Waals surface area contributed by atoms with Crippen molar-refractivity contribution in [3.8, 4) is 0 Å². The molecule has 0 fully saturated rings. The van der Waals surface area contributed by atoms with E-state index >= 15 is 0 Å². The van der Waals surface area contributed by atoms with Crippen LogP contribution >= 0.6 is 0 Å². The summed E-state index contributed by atoms with van der Waals surface area (Å²) in [5.41, 5.74) is 3.76. The van der Waals surface area contributed by atoms with Gasteiger partial charge in [-0.3, -0.25) is 4.79 Å². The SMILES string of the molecule is NC(=O)CCNc1c(F)c(F)nc(F)c1F. The molecule has 1 rings (SSSR count). The Morgan fingerprint density at radius 1 is 1.19 bits per heavy atom. The van der Waals surface area contributed by atoms with Gasteiger partial charge in [-0.25, -0.2) is 0 Å². The molecule has 8 heteroatoms. The first-order chi connectivity index (χ1) is 7.43. The molecular formula is C8H7F4N3O. The van der Waals surface area contributed by atoms with Crippen LogP contribution in [0, 0.1) is 23.5 Å². The Bertz CT molecular complexity index is 398. The van der Waals surface area contributed by atoms with Crippen molar-refractivity contribution >= 4 is 11.6 Å². The lowest BCUT2D eigenvalue weighted by Crippen LogP contribution is -2.17. The zero-order valence-corrected chi connectivity index (χ0v) is 7.86. The molecule has 0 aliphatic carbocycles. The summed E-state index contributed by atoms with van der Waals surface area (Å²) in [4.78, 5) is 12.7. The topological polar surface area (TPSA) is 68.0 Å². The molecule has 4 nitrogen and oxygen atoms in total. The highest BCUT2D eigenvalue weighted by Crippen LogP contribution is 2.21. The number of carbonyl (C=O) groups excluding carboxylic acids is 1. The van der Waals surface area contributed by atoms with Crippen molar-refractivity contribution in [2.45, 2.75) is 6.42 Å². The van der Waals surface area contributed by atoms with Gasteiger partial charge in [0.2, 0.25) is 17.5 Å². The predicted octanol–water partition coefficient (Wildman–Crippen LogP) is 0.925. The molecule has 0 spiro atoms. The van der Waals surface area contributed by atoms with Crippen LogP contribution in [0.15, 0.2) is 0 Å².